The Kier molecular flexibility index (Phi) is 1.92. The third-order valence-electron chi connectivity index (χ3n) is 2.38. The predicted octanol–water partition coefficient (Wildman–Crippen LogP) is 0.495. The molecule has 0 aliphatic heterocycles. The highest BCUT2D eigenvalue weighted by atomic mass is 31.2. The number of hydrogen-bond donors (Lipinski definition) is 3. The lowest BCUT2D eigenvalue weighted by atomic mass is 10.1. The van der Waals surface area contributed by atoms with Crippen molar-refractivity contribution in [3.8, 4) is 0 Å². The summed E-state index contributed by atoms with van der Waals surface area (Å²) >= 11 is 0. The van der Waals surface area contributed by atoms with Crippen molar-refractivity contribution in [2.24, 2.45) is 17.6 Å². The summed E-state index contributed by atoms with van der Waals surface area (Å²) in [7, 11) is -4.07. The van der Waals surface area contributed by atoms with Crippen LogP contribution in [0.2, 0.25) is 0 Å². The quantitative estimate of drug-likeness (QED) is 0.539. The normalized spacial score (nSPS) is 37.8. The molecule has 4 N–H and O–H groups in total. The Morgan fingerprint density at radius 1 is 1.64 bits per heavy atom. The minimum atomic E-state index is -4.07. The average molecular weight is 179 g/mol. The molecule has 0 unspecified atom stereocenters. The maximum atomic E-state index is 10.8. The van der Waals surface area contributed by atoms with Crippen LogP contribution >= 0.6 is 7.60 Å². The van der Waals surface area contributed by atoms with Crippen LogP contribution in [-0.2, 0) is 4.57 Å². The van der Waals surface area contributed by atoms with Gasteiger partial charge in [-0.1, -0.05) is 13.8 Å². The number of rotatable bonds is 2. The summed E-state index contributed by atoms with van der Waals surface area (Å²) in [4.78, 5) is 17.6. The van der Waals surface area contributed by atoms with Crippen molar-refractivity contribution >= 4 is 7.60 Å². The van der Waals surface area contributed by atoms with Crippen LogP contribution in [0.15, 0.2) is 0 Å². The third-order valence-corrected chi connectivity index (χ3v) is 3.97. The van der Waals surface area contributed by atoms with Crippen molar-refractivity contribution in [1.29, 1.82) is 0 Å². The number of nitrogens with two attached hydrogens (primary N) is 1. The fourth-order valence-corrected chi connectivity index (χ4v) is 2.61. The lowest BCUT2D eigenvalue weighted by molar-refractivity contribution is 0.344. The van der Waals surface area contributed by atoms with Crippen molar-refractivity contribution in [2.45, 2.75) is 25.5 Å². The summed E-state index contributed by atoms with van der Waals surface area (Å²) in [6, 6.07) is 0. The van der Waals surface area contributed by atoms with E-state index in [4.69, 9.17) is 15.5 Å². The fraction of sp³-hybridized carbons (Fsp3) is 1.00. The maximum Gasteiger partial charge on any atom is 0.345 e. The standard InChI is InChI=1S/C6H14NO3P/c1-4(2)5-3-6(5,7)11(8,9)10/h4-5H,3,7H2,1-2H3,(H2,8,9,10)/t5-,6+/m1/s1. The van der Waals surface area contributed by atoms with Crippen molar-refractivity contribution in [2.75, 3.05) is 0 Å². The van der Waals surface area contributed by atoms with Gasteiger partial charge in [0.1, 0.15) is 5.28 Å². The molecule has 0 aromatic carbocycles. The summed E-state index contributed by atoms with van der Waals surface area (Å²) in [5, 5.41) is -1.21. The Bertz CT molecular complexity index is 212. The van der Waals surface area contributed by atoms with Gasteiger partial charge in [0.15, 0.2) is 0 Å². The second kappa shape index (κ2) is 2.30. The van der Waals surface area contributed by atoms with Gasteiger partial charge in [-0.3, -0.25) is 4.57 Å². The van der Waals surface area contributed by atoms with Gasteiger partial charge in [0.25, 0.3) is 0 Å². The van der Waals surface area contributed by atoms with Gasteiger partial charge < -0.3 is 15.5 Å². The van der Waals surface area contributed by atoms with Crippen LogP contribution in [0.5, 0.6) is 0 Å². The van der Waals surface area contributed by atoms with E-state index in [1.165, 1.54) is 0 Å². The van der Waals surface area contributed by atoms with E-state index < -0.39 is 12.9 Å². The zero-order chi connectivity index (χ0) is 8.86. The fourth-order valence-electron chi connectivity index (χ4n) is 1.44. The highest BCUT2D eigenvalue weighted by molar-refractivity contribution is 7.54. The third kappa shape index (κ3) is 1.36. The van der Waals surface area contributed by atoms with E-state index in [-0.39, 0.29) is 11.8 Å². The predicted molar refractivity (Wildman–Crippen MR) is 41.9 cm³/mol. The lowest BCUT2D eigenvalue weighted by Gasteiger charge is -2.14. The first-order valence-corrected chi connectivity index (χ1v) is 5.25. The van der Waals surface area contributed by atoms with E-state index >= 15 is 0 Å². The van der Waals surface area contributed by atoms with E-state index in [0.29, 0.717) is 6.42 Å². The molecular weight excluding hydrogens is 165 g/mol. The second-order valence-electron chi connectivity index (χ2n) is 3.59. The van der Waals surface area contributed by atoms with Crippen LogP contribution in [0.3, 0.4) is 0 Å². The summed E-state index contributed by atoms with van der Waals surface area (Å²) in [5.74, 6) is 0.246. The summed E-state index contributed by atoms with van der Waals surface area (Å²) in [5.41, 5.74) is 5.51. The molecular formula is C6H14NO3P. The zero-order valence-corrected chi connectivity index (χ0v) is 7.58. The van der Waals surface area contributed by atoms with Gasteiger partial charge in [-0.15, -0.1) is 0 Å². The van der Waals surface area contributed by atoms with Crippen molar-refractivity contribution in [3.05, 3.63) is 0 Å². The van der Waals surface area contributed by atoms with Gasteiger partial charge >= 0.3 is 7.60 Å². The van der Waals surface area contributed by atoms with Crippen molar-refractivity contribution in [3.63, 3.8) is 0 Å². The van der Waals surface area contributed by atoms with E-state index in [1.807, 2.05) is 13.8 Å². The Morgan fingerprint density at radius 2 is 2.09 bits per heavy atom. The molecule has 1 aliphatic carbocycles. The van der Waals surface area contributed by atoms with Crippen LogP contribution in [0.1, 0.15) is 20.3 Å². The minimum absolute atomic E-state index is 0.0108. The van der Waals surface area contributed by atoms with E-state index in [2.05, 4.69) is 0 Å². The zero-order valence-electron chi connectivity index (χ0n) is 6.69. The smallest absolute Gasteiger partial charge is 0.323 e. The summed E-state index contributed by atoms with van der Waals surface area (Å²) < 4.78 is 10.8. The molecule has 1 rings (SSSR count). The maximum absolute atomic E-state index is 10.8. The van der Waals surface area contributed by atoms with Gasteiger partial charge in [-0.25, -0.2) is 0 Å². The minimum Gasteiger partial charge on any atom is -0.323 e. The van der Waals surface area contributed by atoms with Gasteiger partial charge in [0.2, 0.25) is 0 Å². The summed E-state index contributed by atoms with van der Waals surface area (Å²) in [6.07, 6.45) is 0.453. The summed E-state index contributed by atoms with van der Waals surface area (Å²) in [6.45, 7) is 3.85. The molecule has 0 spiro atoms. The molecule has 0 heterocycles. The molecule has 0 aromatic heterocycles. The van der Waals surface area contributed by atoms with Crippen LogP contribution in [-0.4, -0.2) is 15.1 Å². The van der Waals surface area contributed by atoms with Gasteiger partial charge in [0.05, 0.1) is 0 Å². The molecule has 0 bridgehead atoms. The Labute approximate surface area is 65.9 Å². The molecule has 1 saturated carbocycles. The topological polar surface area (TPSA) is 83.6 Å². The monoisotopic (exact) mass is 179 g/mol. The van der Waals surface area contributed by atoms with Gasteiger partial charge in [0, 0.05) is 0 Å². The Balaban J connectivity index is 2.71. The first-order valence-electron chi connectivity index (χ1n) is 3.63. The van der Waals surface area contributed by atoms with Crippen LogP contribution in [0, 0.1) is 11.8 Å². The second-order valence-corrected chi connectivity index (χ2v) is 5.51. The molecule has 4 nitrogen and oxygen atoms in total. The Hall–Kier alpha value is 0.110. The molecule has 1 fully saturated rings. The van der Waals surface area contributed by atoms with Crippen LogP contribution in [0.25, 0.3) is 0 Å². The number of hydrogen-bond acceptors (Lipinski definition) is 2. The molecule has 5 heteroatoms. The molecule has 11 heavy (non-hydrogen) atoms. The Morgan fingerprint density at radius 3 is 2.18 bits per heavy atom. The van der Waals surface area contributed by atoms with Crippen molar-refractivity contribution < 1.29 is 14.4 Å². The van der Waals surface area contributed by atoms with Crippen LogP contribution < -0.4 is 5.73 Å². The van der Waals surface area contributed by atoms with E-state index in [9.17, 15) is 4.57 Å². The largest absolute Gasteiger partial charge is 0.345 e. The van der Waals surface area contributed by atoms with E-state index in [0.717, 1.165) is 0 Å². The van der Waals surface area contributed by atoms with Crippen LogP contribution in [0.4, 0.5) is 0 Å². The molecule has 66 valence electrons. The van der Waals surface area contributed by atoms with Gasteiger partial charge in [-0.2, -0.15) is 0 Å². The van der Waals surface area contributed by atoms with Crippen molar-refractivity contribution in [1.82, 2.24) is 0 Å². The van der Waals surface area contributed by atoms with E-state index in [1.54, 1.807) is 0 Å². The average Bonchev–Trinajstić information content (AvgIpc) is 2.40. The molecule has 2 atom stereocenters. The lowest BCUT2D eigenvalue weighted by Crippen LogP contribution is -2.26. The molecule has 0 saturated heterocycles. The first-order chi connectivity index (χ1) is 4.79. The highest BCUT2D eigenvalue weighted by Gasteiger charge is 2.63. The molecule has 0 aromatic rings. The first kappa shape index (κ1) is 9.20. The molecule has 1 aliphatic rings. The SMILES string of the molecule is CC(C)[C@H]1C[C@]1(N)P(=O)(O)O. The highest BCUT2D eigenvalue weighted by Crippen LogP contribution is 2.66. The molecule has 0 radical (unpaired) electrons. The molecule has 0 amide bonds. The van der Waals surface area contributed by atoms with Gasteiger partial charge in [-0.05, 0) is 18.3 Å².